The maximum atomic E-state index is 12.6. The second-order valence-corrected chi connectivity index (χ2v) is 6.74. The van der Waals surface area contributed by atoms with Gasteiger partial charge in [-0.2, -0.15) is 4.31 Å². The third kappa shape index (κ3) is 2.93. The summed E-state index contributed by atoms with van der Waals surface area (Å²) >= 11 is 0. The lowest BCUT2D eigenvalue weighted by Gasteiger charge is -2.24. The van der Waals surface area contributed by atoms with Crippen molar-refractivity contribution in [1.82, 2.24) is 13.9 Å². The molecule has 0 bridgehead atoms. The number of nitrogens with zero attached hydrogens (tertiary/aromatic N) is 3. The number of aromatic hydroxyl groups is 1. The van der Waals surface area contributed by atoms with Crippen molar-refractivity contribution < 1.29 is 13.5 Å². The molecule has 2 rings (SSSR count). The molecular formula is C14H19N3O3S. The monoisotopic (exact) mass is 309 g/mol. The van der Waals surface area contributed by atoms with E-state index >= 15 is 0 Å². The number of benzene rings is 1. The number of hydrogen-bond donors (Lipinski definition) is 1. The fourth-order valence-corrected chi connectivity index (χ4v) is 3.31. The molecule has 0 aliphatic heterocycles. The number of hydrogen-bond acceptors (Lipinski definition) is 4. The van der Waals surface area contributed by atoms with Crippen molar-refractivity contribution in [3.8, 4) is 5.75 Å². The van der Waals surface area contributed by atoms with Crippen LogP contribution in [0.3, 0.4) is 0 Å². The Labute approximate surface area is 124 Å². The summed E-state index contributed by atoms with van der Waals surface area (Å²) in [5, 5.41) is 9.88. The van der Waals surface area contributed by atoms with E-state index in [1.54, 1.807) is 29.7 Å². The summed E-state index contributed by atoms with van der Waals surface area (Å²) in [5.74, 6) is 0.0751. The maximum Gasteiger partial charge on any atom is 0.262 e. The third-order valence-corrected chi connectivity index (χ3v) is 5.36. The lowest BCUT2D eigenvalue weighted by atomic mass is 10.1. The Morgan fingerprint density at radius 3 is 2.62 bits per heavy atom. The van der Waals surface area contributed by atoms with Crippen LogP contribution in [0.5, 0.6) is 5.75 Å². The molecule has 6 nitrogen and oxygen atoms in total. The molecule has 21 heavy (non-hydrogen) atoms. The highest BCUT2D eigenvalue weighted by Crippen LogP contribution is 2.30. The van der Waals surface area contributed by atoms with E-state index in [4.69, 9.17) is 0 Å². The fourth-order valence-electron chi connectivity index (χ4n) is 2.04. The van der Waals surface area contributed by atoms with Gasteiger partial charge in [0.2, 0.25) is 0 Å². The van der Waals surface area contributed by atoms with Crippen LogP contribution in [-0.4, -0.2) is 34.4 Å². The molecule has 0 aliphatic carbocycles. The highest BCUT2D eigenvalue weighted by molar-refractivity contribution is 7.89. The van der Waals surface area contributed by atoms with Crippen molar-refractivity contribution in [2.24, 2.45) is 0 Å². The number of para-hydroxylation sites is 1. The first-order valence-corrected chi connectivity index (χ1v) is 8.09. The third-order valence-electron chi connectivity index (χ3n) is 3.55. The summed E-state index contributed by atoms with van der Waals surface area (Å²) in [6.07, 6.45) is 2.99. The maximum absolute atomic E-state index is 12.6. The summed E-state index contributed by atoms with van der Waals surface area (Å²) in [6, 6.07) is 6.21. The minimum Gasteiger partial charge on any atom is -0.508 e. The van der Waals surface area contributed by atoms with Crippen LogP contribution in [0.25, 0.3) is 0 Å². The predicted molar refractivity (Wildman–Crippen MR) is 79.4 cm³/mol. The van der Waals surface area contributed by atoms with E-state index in [1.807, 2.05) is 6.92 Å². The normalized spacial score (nSPS) is 13.5. The van der Waals surface area contributed by atoms with Crippen molar-refractivity contribution in [2.45, 2.75) is 31.5 Å². The Bertz CT molecular complexity index is 725. The molecule has 1 unspecified atom stereocenters. The van der Waals surface area contributed by atoms with Crippen LogP contribution < -0.4 is 0 Å². The van der Waals surface area contributed by atoms with Gasteiger partial charge in [0.15, 0.2) is 5.03 Å². The van der Waals surface area contributed by atoms with E-state index in [9.17, 15) is 13.5 Å². The molecule has 114 valence electrons. The Hall–Kier alpha value is -1.86. The average Bonchev–Trinajstić information content (AvgIpc) is 2.96. The van der Waals surface area contributed by atoms with Gasteiger partial charge in [-0.25, -0.2) is 13.4 Å². The second kappa shape index (κ2) is 5.87. The van der Waals surface area contributed by atoms with Crippen LogP contribution in [-0.2, 0) is 16.6 Å². The Morgan fingerprint density at radius 2 is 2.05 bits per heavy atom. The second-order valence-electron chi connectivity index (χ2n) is 4.80. The number of sulfonamides is 1. The molecule has 0 amide bonds. The van der Waals surface area contributed by atoms with Gasteiger partial charge in [-0.3, -0.25) is 0 Å². The van der Waals surface area contributed by atoms with Crippen molar-refractivity contribution in [2.75, 3.05) is 7.05 Å². The first-order valence-electron chi connectivity index (χ1n) is 6.65. The van der Waals surface area contributed by atoms with Crippen molar-refractivity contribution in [3.05, 3.63) is 42.4 Å². The Morgan fingerprint density at radius 1 is 1.38 bits per heavy atom. The zero-order valence-electron chi connectivity index (χ0n) is 12.3. The smallest absolute Gasteiger partial charge is 0.262 e. The number of phenolic OH excluding ortho intramolecular Hbond substituents is 1. The molecule has 1 heterocycles. The minimum absolute atomic E-state index is 0.00845. The van der Waals surface area contributed by atoms with E-state index in [0.29, 0.717) is 12.1 Å². The standard InChI is InChI=1S/C14H19N3O3S/c1-4-17-9-14(15-10-17)21(19,20)16(3)11(2)12-7-5-6-8-13(12)18/h5-11,18H,4H2,1-3H3. The van der Waals surface area contributed by atoms with Gasteiger partial charge in [0.25, 0.3) is 10.0 Å². The summed E-state index contributed by atoms with van der Waals surface area (Å²) in [6.45, 7) is 4.29. The fraction of sp³-hybridized carbons (Fsp3) is 0.357. The molecular weight excluding hydrogens is 290 g/mol. The largest absolute Gasteiger partial charge is 0.508 e. The molecule has 1 aromatic heterocycles. The molecule has 0 aliphatic rings. The van der Waals surface area contributed by atoms with Gasteiger partial charge >= 0.3 is 0 Å². The summed E-state index contributed by atoms with van der Waals surface area (Å²) < 4.78 is 28.0. The first kappa shape index (κ1) is 15.5. The van der Waals surface area contributed by atoms with E-state index in [2.05, 4.69) is 4.98 Å². The number of imidazole rings is 1. The van der Waals surface area contributed by atoms with Gasteiger partial charge in [-0.15, -0.1) is 0 Å². The van der Waals surface area contributed by atoms with Gasteiger partial charge in [0.05, 0.1) is 12.4 Å². The minimum atomic E-state index is -3.70. The van der Waals surface area contributed by atoms with Crippen LogP contribution in [0.4, 0.5) is 0 Å². The van der Waals surface area contributed by atoms with E-state index in [0.717, 1.165) is 0 Å². The van der Waals surface area contributed by atoms with E-state index in [1.165, 1.54) is 29.9 Å². The molecule has 0 saturated heterocycles. The van der Waals surface area contributed by atoms with Crippen LogP contribution >= 0.6 is 0 Å². The summed E-state index contributed by atoms with van der Waals surface area (Å²) in [4.78, 5) is 3.95. The highest BCUT2D eigenvalue weighted by atomic mass is 32.2. The average molecular weight is 309 g/mol. The molecule has 0 saturated carbocycles. The summed E-state index contributed by atoms with van der Waals surface area (Å²) in [5.41, 5.74) is 0.554. The van der Waals surface area contributed by atoms with Crippen molar-refractivity contribution in [3.63, 3.8) is 0 Å². The Balaban J connectivity index is 2.34. The lowest BCUT2D eigenvalue weighted by molar-refractivity contribution is 0.380. The van der Waals surface area contributed by atoms with Gasteiger partial charge in [0.1, 0.15) is 5.75 Å². The number of rotatable bonds is 5. The van der Waals surface area contributed by atoms with E-state index < -0.39 is 16.1 Å². The molecule has 0 radical (unpaired) electrons. The molecule has 7 heteroatoms. The van der Waals surface area contributed by atoms with E-state index in [-0.39, 0.29) is 10.8 Å². The molecule has 0 spiro atoms. The Kier molecular flexibility index (Phi) is 4.34. The lowest BCUT2D eigenvalue weighted by Crippen LogP contribution is -2.30. The molecule has 1 aromatic carbocycles. The van der Waals surface area contributed by atoms with Gasteiger partial charge in [0, 0.05) is 25.4 Å². The van der Waals surface area contributed by atoms with Gasteiger partial charge < -0.3 is 9.67 Å². The highest BCUT2D eigenvalue weighted by Gasteiger charge is 2.29. The zero-order chi connectivity index (χ0) is 15.6. The number of aryl methyl sites for hydroxylation is 1. The van der Waals surface area contributed by atoms with Crippen LogP contribution in [0.15, 0.2) is 41.8 Å². The number of aromatic nitrogens is 2. The first-order chi connectivity index (χ1) is 9.87. The van der Waals surface area contributed by atoms with Crippen LogP contribution in [0.1, 0.15) is 25.5 Å². The van der Waals surface area contributed by atoms with Gasteiger partial charge in [-0.1, -0.05) is 18.2 Å². The van der Waals surface area contributed by atoms with Gasteiger partial charge in [-0.05, 0) is 19.9 Å². The topological polar surface area (TPSA) is 75.4 Å². The van der Waals surface area contributed by atoms with Crippen molar-refractivity contribution >= 4 is 10.0 Å². The predicted octanol–water partition coefficient (Wildman–Crippen LogP) is 1.99. The quantitative estimate of drug-likeness (QED) is 0.916. The number of phenols is 1. The molecule has 2 aromatic rings. The van der Waals surface area contributed by atoms with Crippen molar-refractivity contribution in [1.29, 1.82) is 0 Å². The van der Waals surface area contributed by atoms with Crippen LogP contribution in [0.2, 0.25) is 0 Å². The molecule has 1 atom stereocenters. The van der Waals surface area contributed by atoms with Crippen LogP contribution in [0, 0.1) is 0 Å². The molecule has 1 N–H and O–H groups in total. The zero-order valence-corrected chi connectivity index (χ0v) is 13.1. The summed E-state index contributed by atoms with van der Waals surface area (Å²) in [7, 11) is -2.22. The molecule has 0 fully saturated rings. The SMILES string of the molecule is CCn1cnc(S(=O)(=O)N(C)C(C)c2ccccc2O)c1.